The third-order valence-electron chi connectivity index (χ3n) is 2.94. The number of rotatable bonds is 9. The summed E-state index contributed by atoms with van der Waals surface area (Å²) in [5.41, 5.74) is 0. The monoisotopic (exact) mass is 217 g/mol. The molecule has 0 saturated carbocycles. The van der Waals surface area contributed by atoms with E-state index in [9.17, 15) is 0 Å². The van der Waals surface area contributed by atoms with Crippen LogP contribution in [0.1, 0.15) is 40.0 Å². The first-order chi connectivity index (χ1) is 7.24. The van der Waals surface area contributed by atoms with Crippen molar-refractivity contribution in [1.29, 1.82) is 0 Å². The summed E-state index contributed by atoms with van der Waals surface area (Å²) in [6.45, 7) is 7.63. The van der Waals surface area contributed by atoms with Gasteiger partial charge in [-0.05, 0) is 18.9 Å². The van der Waals surface area contributed by atoms with Crippen molar-refractivity contribution in [1.82, 2.24) is 5.32 Å². The highest BCUT2D eigenvalue weighted by Gasteiger charge is 2.26. The Balaban J connectivity index is 4.38. The molecule has 0 fully saturated rings. The van der Waals surface area contributed by atoms with Gasteiger partial charge in [-0.1, -0.05) is 33.6 Å². The molecule has 0 heterocycles. The fraction of sp³-hybridized carbons (Fsp3) is 1.00. The number of ether oxygens (including phenoxy) is 2. The fourth-order valence-corrected chi connectivity index (χ4v) is 1.98. The molecule has 92 valence electrons. The summed E-state index contributed by atoms with van der Waals surface area (Å²) in [7, 11) is 3.41. The van der Waals surface area contributed by atoms with Crippen LogP contribution in [0.25, 0.3) is 0 Å². The van der Waals surface area contributed by atoms with Gasteiger partial charge in [0.15, 0.2) is 6.29 Å². The minimum atomic E-state index is -0.138. The van der Waals surface area contributed by atoms with Gasteiger partial charge >= 0.3 is 0 Å². The summed E-state index contributed by atoms with van der Waals surface area (Å²) in [4.78, 5) is 0. The highest BCUT2D eigenvalue weighted by Crippen LogP contribution is 2.18. The van der Waals surface area contributed by atoms with Gasteiger partial charge < -0.3 is 14.8 Å². The Hall–Kier alpha value is -0.120. The molecule has 0 aromatic heterocycles. The minimum Gasteiger partial charge on any atom is -0.354 e. The van der Waals surface area contributed by atoms with E-state index in [1.807, 2.05) is 0 Å². The van der Waals surface area contributed by atoms with Crippen molar-refractivity contribution in [3.63, 3.8) is 0 Å². The molecule has 0 aliphatic rings. The maximum atomic E-state index is 5.36. The van der Waals surface area contributed by atoms with Crippen molar-refractivity contribution < 1.29 is 9.47 Å². The van der Waals surface area contributed by atoms with Gasteiger partial charge in [-0.25, -0.2) is 0 Å². The molecule has 0 bridgehead atoms. The second-order valence-corrected chi connectivity index (χ2v) is 3.90. The van der Waals surface area contributed by atoms with E-state index in [4.69, 9.17) is 9.47 Å². The number of hydrogen-bond acceptors (Lipinski definition) is 3. The van der Waals surface area contributed by atoms with Gasteiger partial charge in [-0.15, -0.1) is 0 Å². The molecule has 1 unspecified atom stereocenters. The Morgan fingerprint density at radius 3 is 1.87 bits per heavy atom. The van der Waals surface area contributed by atoms with Gasteiger partial charge in [0.2, 0.25) is 0 Å². The summed E-state index contributed by atoms with van der Waals surface area (Å²) >= 11 is 0. The van der Waals surface area contributed by atoms with E-state index < -0.39 is 0 Å². The van der Waals surface area contributed by atoms with Crippen molar-refractivity contribution in [2.45, 2.75) is 52.4 Å². The average Bonchev–Trinajstić information content (AvgIpc) is 2.28. The quantitative estimate of drug-likeness (QED) is 0.602. The predicted octanol–water partition coefficient (Wildman–Crippen LogP) is 2.41. The molecule has 0 radical (unpaired) electrons. The minimum absolute atomic E-state index is 0.138. The molecule has 3 heteroatoms. The van der Waals surface area contributed by atoms with Crippen molar-refractivity contribution in [3.05, 3.63) is 0 Å². The van der Waals surface area contributed by atoms with Crippen molar-refractivity contribution in [2.75, 3.05) is 20.8 Å². The van der Waals surface area contributed by atoms with Crippen LogP contribution in [0.4, 0.5) is 0 Å². The van der Waals surface area contributed by atoms with Crippen LogP contribution in [0, 0.1) is 5.92 Å². The Labute approximate surface area is 94.5 Å². The van der Waals surface area contributed by atoms with Crippen LogP contribution < -0.4 is 5.32 Å². The lowest BCUT2D eigenvalue weighted by Crippen LogP contribution is -2.47. The van der Waals surface area contributed by atoms with Crippen molar-refractivity contribution in [3.8, 4) is 0 Å². The van der Waals surface area contributed by atoms with Crippen LogP contribution in [-0.4, -0.2) is 33.1 Å². The zero-order valence-electron chi connectivity index (χ0n) is 10.9. The second-order valence-electron chi connectivity index (χ2n) is 3.90. The normalized spacial score (nSPS) is 13.8. The number of methoxy groups -OCH3 is 2. The second kappa shape index (κ2) is 9.13. The molecular weight excluding hydrogens is 190 g/mol. The molecule has 0 amide bonds. The third kappa shape index (κ3) is 4.96. The lowest BCUT2D eigenvalue weighted by atomic mass is 9.93. The van der Waals surface area contributed by atoms with E-state index in [0.29, 0.717) is 12.0 Å². The van der Waals surface area contributed by atoms with Gasteiger partial charge in [0.25, 0.3) is 0 Å². The molecule has 0 aromatic rings. The topological polar surface area (TPSA) is 30.5 Å². The molecule has 0 aromatic carbocycles. The maximum Gasteiger partial charge on any atom is 0.172 e. The zero-order valence-corrected chi connectivity index (χ0v) is 10.9. The Kier molecular flexibility index (Phi) is 9.06. The summed E-state index contributed by atoms with van der Waals surface area (Å²) in [6.07, 6.45) is 3.31. The van der Waals surface area contributed by atoms with Crippen LogP contribution in [0.5, 0.6) is 0 Å². The van der Waals surface area contributed by atoms with E-state index in [-0.39, 0.29) is 6.29 Å². The number of hydrogen-bond donors (Lipinski definition) is 1. The Morgan fingerprint density at radius 2 is 1.53 bits per heavy atom. The lowest BCUT2D eigenvalue weighted by Gasteiger charge is -2.31. The Bertz CT molecular complexity index is 122. The van der Waals surface area contributed by atoms with Gasteiger partial charge in [0.05, 0.1) is 6.04 Å². The number of nitrogens with one attached hydrogen (secondary N) is 1. The predicted molar refractivity (Wildman–Crippen MR) is 64.0 cm³/mol. The maximum absolute atomic E-state index is 5.36. The fourth-order valence-electron chi connectivity index (χ4n) is 1.98. The van der Waals surface area contributed by atoms with Crippen LogP contribution in [-0.2, 0) is 9.47 Å². The van der Waals surface area contributed by atoms with Gasteiger partial charge in [-0.3, -0.25) is 0 Å². The largest absolute Gasteiger partial charge is 0.354 e. The SMILES string of the molecule is CCCNC(C(CC)CC)C(OC)OC. The first-order valence-electron chi connectivity index (χ1n) is 6.03. The summed E-state index contributed by atoms with van der Waals surface area (Å²) in [5.74, 6) is 0.612. The van der Waals surface area contributed by atoms with Crippen LogP contribution in [0.2, 0.25) is 0 Å². The molecular formula is C12H27NO2. The molecule has 0 spiro atoms. The van der Waals surface area contributed by atoms with Crippen LogP contribution >= 0.6 is 0 Å². The van der Waals surface area contributed by atoms with Gasteiger partial charge in [0, 0.05) is 14.2 Å². The zero-order chi connectivity index (χ0) is 11.7. The average molecular weight is 217 g/mol. The summed E-state index contributed by atoms with van der Waals surface area (Å²) < 4.78 is 10.7. The van der Waals surface area contributed by atoms with E-state index in [2.05, 4.69) is 26.1 Å². The molecule has 0 aliphatic heterocycles. The van der Waals surface area contributed by atoms with E-state index >= 15 is 0 Å². The Morgan fingerprint density at radius 1 is 1.00 bits per heavy atom. The molecule has 0 saturated heterocycles. The molecule has 15 heavy (non-hydrogen) atoms. The first-order valence-corrected chi connectivity index (χ1v) is 6.03. The smallest absolute Gasteiger partial charge is 0.172 e. The molecule has 0 rings (SSSR count). The van der Waals surface area contributed by atoms with Gasteiger partial charge in [-0.2, -0.15) is 0 Å². The van der Waals surface area contributed by atoms with E-state index in [1.165, 1.54) is 0 Å². The molecule has 3 nitrogen and oxygen atoms in total. The van der Waals surface area contributed by atoms with Gasteiger partial charge in [0.1, 0.15) is 0 Å². The third-order valence-corrected chi connectivity index (χ3v) is 2.94. The van der Waals surface area contributed by atoms with E-state index in [0.717, 1.165) is 25.8 Å². The molecule has 0 aliphatic carbocycles. The van der Waals surface area contributed by atoms with Crippen molar-refractivity contribution >= 4 is 0 Å². The highest BCUT2D eigenvalue weighted by atomic mass is 16.7. The van der Waals surface area contributed by atoms with Crippen molar-refractivity contribution in [2.24, 2.45) is 5.92 Å². The summed E-state index contributed by atoms with van der Waals surface area (Å²) in [6, 6.07) is 0.301. The molecule has 1 atom stereocenters. The van der Waals surface area contributed by atoms with Crippen LogP contribution in [0.3, 0.4) is 0 Å². The van der Waals surface area contributed by atoms with Crippen LogP contribution in [0.15, 0.2) is 0 Å². The highest BCUT2D eigenvalue weighted by molar-refractivity contribution is 4.78. The van der Waals surface area contributed by atoms with E-state index in [1.54, 1.807) is 14.2 Å². The summed E-state index contributed by atoms with van der Waals surface area (Å²) in [5, 5.41) is 3.52. The lowest BCUT2D eigenvalue weighted by molar-refractivity contribution is -0.133. The molecule has 1 N–H and O–H groups in total. The first kappa shape index (κ1) is 14.9. The standard InChI is InChI=1S/C12H27NO2/c1-6-9-13-11(10(7-2)8-3)12(14-4)15-5/h10-13H,6-9H2,1-5H3.